The fourth-order valence-electron chi connectivity index (χ4n) is 2.20. The molecule has 1 aromatic rings. The van der Waals surface area contributed by atoms with Crippen LogP contribution in [-0.4, -0.2) is 34.7 Å². The zero-order valence-corrected chi connectivity index (χ0v) is 11.7. The van der Waals surface area contributed by atoms with Gasteiger partial charge in [-0.2, -0.15) is 9.97 Å². The Morgan fingerprint density at radius 2 is 1.74 bits per heavy atom. The minimum absolute atomic E-state index is 0.212. The van der Waals surface area contributed by atoms with E-state index in [1.54, 1.807) is 7.05 Å². The molecular formula is C13H22N4O2. The Kier molecular flexibility index (Phi) is 5.18. The van der Waals surface area contributed by atoms with Gasteiger partial charge in [0.15, 0.2) is 0 Å². The molecule has 1 aromatic heterocycles. The van der Waals surface area contributed by atoms with Crippen LogP contribution >= 0.6 is 0 Å². The van der Waals surface area contributed by atoms with Crippen LogP contribution in [0.15, 0.2) is 0 Å². The molecule has 1 aliphatic carbocycles. The minimum atomic E-state index is 0.212. The average molecular weight is 266 g/mol. The normalized spacial score (nSPS) is 16.7. The van der Waals surface area contributed by atoms with Crippen molar-refractivity contribution in [2.75, 3.05) is 19.0 Å². The van der Waals surface area contributed by atoms with Crippen molar-refractivity contribution in [3.05, 3.63) is 0 Å². The van der Waals surface area contributed by atoms with E-state index in [-0.39, 0.29) is 6.10 Å². The highest BCUT2D eigenvalue weighted by Crippen LogP contribution is 2.22. The first-order valence-electron chi connectivity index (χ1n) is 7.05. The lowest BCUT2D eigenvalue weighted by molar-refractivity contribution is 0.164. The van der Waals surface area contributed by atoms with Crippen LogP contribution in [0.25, 0.3) is 0 Å². The molecule has 0 spiro atoms. The van der Waals surface area contributed by atoms with Crippen LogP contribution in [0.4, 0.5) is 5.95 Å². The van der Waals surface area contributed by atoms with Gasteiger partial charge < -0.3 is 14.8 Å². The zero-order chi connectivity index (χ0) is 13.5. The van der Waals surface area contributed by atoms with Crippen molar-refractivity contribution < 1.29 is 9.47 Å². The maximum atomic E-state index is 5.88. The number of anilines is 1. The van der Waals surface area contributed by atoms with E-state index < -0.39 is 0 Å². The molecule has 0 saturated heterocycles. The Bertz CT molecular complexity index is 392. The van der Waals surface area contributed by atoms with E-state index in [1.807, 2.05) is 6.92 Å². The lowest BCUT2D eigenvalue weighted by atomic mass is 10.2. The molecule has 0 atom stereocenters. The summed E-state index contributed by atoms with van der Waals surface area (Å²) in [4.78, 5) is 12.5. The van der Waals surface area contributed by atoms with Gasteiger partial charge in [0, 0.05) is 7.05 Å². The minimum Gasteiger partial charge on any atom is -0.464 e. The molecule has 1 N–H and O–H groups in total. The van der Waals surface area contributed by atoms with Crippen molar-refractivity contribution in [3.8, 4) is 12.0 Å². The third-order valence-corrected chi connectivity index (χ3v) is 3.17. The molecule has 2 rings (SSSR count). The third-order valence-electron chi connectivity index (χ3n) is 3.17. The van der Waals surface area contributed by atoms with Crippen molar-refractivity contribution in [1.29, 1.82) is 0 Å². The molecule has 0 unspecified atom stereocenters. The maximum Gasteiger partial charge on any atom is 0.324 e. The van der Waals surface area contributed by atoms with Gasteiger partial charge in [-0.1, -0.05) is 12.8 Å². The van der Waals surface area contributed by atoms with Crippen LogP contribution in [0.2, 0.25) is 0 Å². The first-order valence-corrected chi connectivity index (χ1v) is 7.05. The standard InChI is InChI=1S/C13H22N4O2/c1-3-18-12-15-11(14-2)16-13(17-12)19-10-8-6-4-5-7-9-10/h10H,3-9H2,1-2H3,(H,14,15,16,17). The predicted molar refractivity (Wildman–Crippen MR) is 72.7 cm³/mol. The fraction of sp³-hybridized carbons (Fsp3) is 0.769. The quantitative estimate of drug-likeness (QED) is 0.825. The van der Waals surface area contributed by atoms with Crippen LogP contribution in [0.1, 0.15) is 45.4 Å². The highest BCUT2D eigenvalue weighted by molar-refractivity contribution is 5.26. The summed E-state index contributed by atoms with van der Waals surface area (Å²) < 4.78 is 11.2. The number of rotatable bonds is 5. The molecule has 0 radical (unpaired) electrons. The Labute approximate surface area is 114 Å². The molecule has 0 bridgehead atoms. The number of ether oxygens (including phenoxy) is 2. The number of nitrogens with one attached hydrogen (secondary N) is 1. The van der Waals surface area contributed by atoms with E-state index in [0.717, 1.165) is 12.8 Å². The summed E-state index contributed by atoms with van der Waals surface area (Å²) in [5, 5.41) is 2.89. The molecule has 1 aliphatic rings. The van der Waals surface area contributed by atoms with E-state index in [4.69, 9.17) is 9.47 Å². The molecule has 6 heteroatoms. The second kappa shape index (κ2) is 7.11. The van der Waals surface area contributed by atoms with Gasteiger partial charge in [0.1, 0.15) is 6.10 Å². The van der Waals surface area contributed by atoms with Gasteiger partial charge in [0.25, 0.3) is 0 Å². The van der Waals surface area contributed by atoms with Crippen molar-refractivity contribution in [3.63, 3.8) is 0 Å². The molecule has 1 saturated carbocycles. The first-order chi connectivity index (χ1) is 9.31. The molecule has 19 heavy (non-hydrogen) atoms. The van der Waals surface area contributed by atoms with E-state index in [2.05, 4.69) is 20.3 Å². The fourth-order valence-corrected chi connectivity index (χ4v) is 2.20. The summed E-state index contributed by atoms with van der Waals surface area (Å²) in [5.41, 5.74) is 0. The highest BCUT2D eigenvalue weighted by Gasteiger charge is 2.16. The molecule has 6 nitrogen and oxygen atoms in total. The van der Waals surface area contributed by atoms with E-state index in [1.165, 1.54) is 25.7 Å². The summed E-state index contributed by atoms with van der Waals surface area (Å²) in [6.45, 7) is 2.42. The van der Waals surface area contributed by atoms with Gasteiger partial charge in [0.05, 0.1) is 6.61 Å². The SMILES string of the molecule is CCOc1nc(NC)nc(OC2CCCCCC2)n1. The second-order valence-electron chi connectivity index (χ2n) is 4.64. The molecule has 0 aromatic carbocycles. The van der Waals surface area contributed by atoms with E-state index >= 15 is 0 Å². The van der Waals surface area contributed by atoms with Crippen LogP contribution in [0.5, 0.6) is 12.0 Å². The number of nitrogens with zero attached hydrogens (tertiary/aromatic N) is 3. The molecule has 0 amide bonds. The lowest BCUT2D eigenvalue weighted by Gasteiger charge is -2.15. The molecular weight excluding hydrogens is 244 g/mol. The first kappa shape index (κ1) is 13.8. The Morgan fingerprint density at radius 3 is 2.37 bits per heavy atom. The Morgan fingerprint density at radius 1 is 1.05 bits per heavy atom. The van der Waals surface area contributed by atoms with Crippen LogP contribution < -0.4 is 14.8 Å². The summed E-state index contributed by atoms with van der Waals surface area (Å²) in [6, 6.07) is 0.667. The number of hydrogen-bond acceptors (Lipinski definition) is 6. The lowest BCUT2D eigenvalue weighted by Crippen LogP contribution is -2.17. The Hall–Kier alpha value is -1.59. The predicted octanol–water partition coefficient (Wildman–Crippen LogP) is 2.41. The second-order valence-corrected chi connectivity index (χ2v) is 4.64. The van der Waals surface area contributed by atoms with Gasteiger partial charge in [-0.05, 0) is 32.6 Å². The molecule has 1 heterocycles. The van der Waals surface area contributed by atoms with E-state index in [0.29, 0.717) is 24.6 Å². The van der Waals surface area contributed by atoms with Gasteiger partial charge in [-0.15, -0.1) is 4.98 Å². The van der Waals surface area contributed by atoms with Crippen LogP contribution in [0.3, 0.4) is 0 Å². The zero-order valence-electron chi connectivity index (χ0n) is 11.7. The van der Waals surface area contributed by atoms with Crippen LogP contribution in [-0.2, 0) is 0 Å². The highest BCUT2D eigenvalue weighted by atomic mass is 16.5. The summed E-state index contributed by atoms with van der Waals surface area (Å²) >= 11 is 0. The Balaban J connectivity index is 2.06. The monoisotopic (exact) mass is 266 g/mol. The largest absolute Gasteiger partial charge is 0.464 e. The van der Waals surface area contributed by atoms with Crippen molar-refractivity contribution in [1.82, 2.24) is 15.0 Å². The van der Waals surface area contributed by atoms with Crippen molar-refractivity contribution in [2.45, 2.75) is 51.6 Å². The van der Waals surface area contributed by atoms with Crippen LogP contribution in [0, 0.1) is 0 Å². The molecule has 0 aliphatic heterocycles. The average Bonchev–Trinajstić information content (AvgIpc) is 2.67. The van der Waals surface area contributed by atoms with Gasteiger partial charge in [-0.25, -0.2) is 0 Å². The number of hydrogen-bond donors (Lipinski definition) is 1. The van der Waals surface area contributed by atoms with Gasteiger partial charge in [-0.3, -0.25) is 0 Å². The van der Waals surface area contributed by atoms with Gasteiger partial charge >= 0.3 is 12.0 Å². The summed E-state index contributed by atoms with van der Waals surface area (Å²) in [7, 11) is 1.76. The summed E-state index contributed by atoms with van der Waals surface area (Å²) in [5.74, 6) is 0.474. The molecule has 106 valence electrons. The summed E-state index contributed by atoms with van der Waals surface area (Å²) in [6.07, 6.45) is 7.38. The van der Waals surface area contributed by atoms with Gasteiger partial charge in [0.2, 0.25) is 5.95 Å². The van der Waals surface area contributed by atoms with E-state index in [9.17, 15) is 0 Å². The van der Waals surface area contributed by atoms with Crippen molar-refractivity contribution in [2.24, 2.45) is 0 Å². The van der Waals surface area contributed by atoms with Crippen molar-refractivity contribution >= 4 is 5.95 Å². The number of aromatic nitrogens is 3. The molecule has 1 fully saturated rings. The maximum absolute atomic E-state index is 5.88. The smallest absolute Gasteiger partial charge is 0.324 e. The topological polar surface area (TPSA) is 69.2 Å². The third kappa shape index (κ3) is 4.22.